The lowest BCUT2D eigenvalue weighted by Crippen LogP contribution is -2.30. The molecule has 0 aromatic heterocycles. The second-order valence-electron chi connectivity index (χ2n) is 5.93. The van der Waals surface area contributed by atoms with Crippen molar-refractivity contribution < 1.29 is 19.0 Å². The summed E-state index contributed by atoms with van der Waals surface area (Å²) >= 11 is 0. The first-order valence-corrected chi connectivity index (χ1v) is 8.59. The van der Waals surface area contributed by atoms with Gasteiger partial charge in [-0.1, -0.05) is 24.3 Å². The lowest BCUT2D eigenvalue weighted by molar-refractivity contribution is -0.117. The molecule has 0 unspecified atom stereocenters. The second kappa shape index (κ2) is 8.77. The highest BCUT2D eigenvalue weighted by Crippen LogP contribution is 2.31. The monoisotopic (exact) mass is 364 g/mol. The molecule has 138 valence electrons. The lowest BCUT2D eigenvalue weighted by Gasteiger charge is -2.26. The predicted molar refractivity (Wildman–Crippen MR) is 101 cm³/mol. The highest BCUT2D eigenvalue weighted by molar-refractivity contribution is 5.92. The van der Waals surface area contributed by atoms with E-state index in [1.54, 1.807) is 24.3 Å². The number of nitriles is 1. The lowest BCUT2D eigenvalue weighted by atomic mass is 10.0. The van der Waals surface area contributed by atoms with E-state index in [9.17, 15) is 4.79 Å². The maximum Gasteiger partial charge on any atom is 0.244 e. The Kier molecular flexibility index (Phi) is 5.95. The van der Waals surface area contributed by atoms with Crippen LogP contribution in [0.2, 0.25) is 0 Å². The van der Waals surface area contributed by atoms with Crippen LogP contribution < -0.4 is 19.5 Å². The van der Waals surface area contributed by atoms with E-state index in [1.807, 2.05) is 30.3 Å². The molecular weight excluding hydrogens is 344 g/mol. The summed E-state index contributed by atoms with van der Waals surface area (Å²) in [5.74, 6) is 1.63. The van der Waals surface area contributed by atoms with Crippen LogP contribution in [0, 0.1) is 11.3 Å². The Balaban J connectivity index is 1.66. The van der Waals surface area contributed by atoms with Gasteiger partial charge in [-0.3, -0.25) is 4.79 Å². The Morgan fingerprint density at radius 1 is 1.33 bits per heavy atom. The van der Waals surface area contributed by atoms with Crippen molar-refractivity contribution in [1.29, 1.82) is 5.26 Å². The van der Waals surface area contributed by atoms with Gasteiger partial charge >= 0.3 is 0 Å². The van der Waals surface area contributed by atoms with Crippen molar-refractivity contribution in [3.8, 4) is 23.3 Å². The Morgan fingerprint density at radius 2 is 2.19 bits per heavy atom. The number of amides is 1. The number of hydrogen-bond donors (Lipinski definition) is 1. The molecule has 2 aromatic rings. The molecule has 1 atom stereocenters. The topological polar surface area (TPSA) is 80.6 Å². The van der Waals surface area contributed by atoms with Crippen molar-refractivity contribution in [3.63, 3.8) is 0 Å². The van der Waals surface area contributed by atoms with Gasteiger partial charge in [0.25, 0.3) is 0 Å². The summed E-state index contributed by atoms with van der Waals surface area (Å²) < 4.78 is 16.2. The first kappa shape index (κ1) is 18.3. The molecule has 0 saturated heterocycles. The Labute approximate surface area is 158 Å². The molecule has 2 aromatic carbocycles. The van der Waals surface area contributed by atoms with Gasteiger partial charge in [-0.2, -0.15) is 5.26 Å². The number of carbonyl (C=O) groups is 1. The molecule has 1 aliphatic heterocycles. The van der Waals surface area contributed by atoms with E-state index < -0.39 is 0 Å². The van der Waals surface area contributed by atoms with Crippen LogP contribution in [0.25, 0.3) is 6.08 Å². The number of methoxy groups -OCH3 is 1. The average molecular weight is 364 g/mol. The van der Waals surface area contributed by atoms with Crippen molar-refractivity contribution in [2.45, 2.75) is 12.5 Å². The minimum absolute atomic E-state index is 0.0550. The van der Waals surface area contributed by atoms with Crippen molar-refractivity contribution >= 4 is 12.0 Å². The van der Waals surface area contributed by atoms with Crippen LogP contribution in [0.15, 0.2) is 48.5 Å². The van der Waals surface area contributed by atoms with E-state index in [0.29, 0.717) is 18.1 Å². The van der Waals surface area contributed by atoms with Gasteiger partial charge in [0.05, 0.1) is 19.8 Å². The van der Waals surface area contributed by atoms with E-state index in [-0.39, 0.29) is 18.6 Å². The number of ether oxygens (including phenoxy) is 3. The van der Waals surface area contributed by atoms with E-state index in [1.165, 1.54) is 13.2 Å². The number of nitrogens with zero attached hydrogens (tertiary/aromatic N) is 1. The summed E-state index contributed by atoms with van der Waals surface area (Å²) in [6, 6.07) is 14.8. The van der Waals surface area contributed by atoms with Crippen molar-refractivity contribution in [1.82, 2.24) is 5.32 Å². The summed E-state index contributed by atoms with van der Waals surface area (Å²) in [6.45, 7) is 0.521. The normalized spacial score (nSPS) is 15.3. The van der Waals surface area contributed by atoms with Crippen LogP contribution in [0.3, 0.4) is 0 Å². The molecule has 3 rings (SSSR count). The third kappa shape index (κ3) is 4.59. The third-order valence-electron chi connectivity index (χ3n) is 4.18. The highest BCUT2D eigenvalue weighted by Gasteiger charge is 2.21. The Hall–Kier alpha value is -3.46. The standard InChI is InChI=1S/C21H20N2O4/c1-25-20-14-15(6-8-19(20)27-13-11-22)7-9-21(24)23-17-10-12-26-18-5-3-2-4-16(17)18/h2-9,14,17H,10,12-13H2,1H3,(H,23,24)/b9-7+/t17-/m1/s1. The number of para-hydroxylation sites is 1. The van der Waals surface area contributed by atoms with Gasteiger partial charge in [-0.05, 0) is 29.8 Å². The van der Waals surface area contributed by atoms with Gasteiger partial charge in [-0.25, -0.2) is 0 Å². The summed E-state index contributed by atoms with van der Waals surface area (Å²) in [6.07, 6.45) is 3.93. The molecule has 0 fully saturated rings. The quantitative estimate of drug-likeness (QED) is 0.796. The predicted octanol–water partition coefficient (Wildman–Crippen LogP) is 3.25. The van der Waals surface area contributed by atoms with Gasteiger partial charge in [0.1, 0.15) is 11.8 Å². The molecule has 6 heteroatoms. The van der Waals surface area contributed by atoms with E-state index >= 15 is 0 Å². The first-order valence-electron chi connectivity index (χ1n) is 8.59. The molecule has 0 bridgehead atoms. The van der Waals surface area contributed by atoms with E-state index in [4.69, 9.17) is 19.5 Å². The number of fused-ring (bicyclic) bond motifs is 1. The minimum atomic E-state index is -0.180. The van der Waals surface area contributed by atoms with Gasteiger partial charge in [0, 0.05) is 18.1 Å². The maximum atomic E-state index is 12.3. The van der Waals surface area contributed by atoms with Crippen LogP contribution in [-0.4, -0.2) is 26.2 Å². The third-order valence-corrected chi connectivity index (χ3v) is 4.18. The summed E-state index contributed by atoms with van der Waals surface area (Å²) in [4.78, 5) is 12.3. The fourth-order valence-electron chi connectivity index (χ4n) is 2.90. The van der Waals surface area contributed by atoms with Crippen molar-refractivity contribution in [3.05, 3.63) is 59.7 Å². The fourth-order valence-corrected chi connectivity index (χ4v) is 2.90. The molecule has 1 amide bonds. The highest BCUT2D eigenvalue weighted by atomic mass is 16.5. The molecule has 0 aliphatic carbocycles. The van der Waals surface area contributed by atoms with Gasteiger partial charge < -0.3 is 19.5 Å². The SMILES string of the molecule is COc1cc(/C=C/C(=O)N[C@@H]2CCOc3ccccc32)ccc1OCC#N. The van der Waals surface area contributed by atoms with E-state index in [2.05, 4.69) is 5.32 Å². The average Bonchev–Trinajstić information content (AvgIpc) is 2.71. The van der Waals surface area contributed by atoms with Gasteiger partial charge in [0.2, 0.25) is 5.91 Å². The zero-order chi connectivity index (χ0) is 19.1. The Morgan fingerprint density at radius 3 is 3.00 bits per heavy atom. The van der Waals surface area contributed by atoms with Crippen LogP contribution in [0.5, 0.6) is 17.2 Å². The van der Waals surface area contributed by atoms with Crippen molar-refractivity contribution in [2.24, 2.45) is 0 Å². The molecule has 27 heavy (non-hydrogen) atoms. The zero-order valence-corrected chi connectivity index (χ0v) is 15.0. The number of carbonyl (C=O) groups excluding carboxylic acids is 1. The summed E-state index contributed by atoms with van der Waals surface area (Å²) in [5, 5.41) is 11.6. The molecule has 0 spiro atoms. The maximum absolute atomic E-state index is 12.3. The number of rotatable bonds is 6. The van der Waals surface area contributed by atoms with Crippen LogP contribution in [0.1, 0.15) is 23.6 Å². The van der Waals surface area contributed by atoms with Crippen LogP contribution in [0.4, 0.5) is 0 Å². The molecule has 1 aliphatic rings. The molecule has 0 saturated carbocycles. The summed E-state index contributed by atoms with van der Waals surface area (Å²) in [5.41, 5.74) is 1.78. The van der Waals surface area contributed by atoms with E-state index in [0.717, 1.165) is 23.3 Å². The van der Waals surface area contributed by atoms with Crippen LogP contribution in [-0.2, 0) is 4.79 Å². The first-order chi connectivity index (χ1) is 13.2. The number of nitrogens with one attached hydrogen (secondary N) is 1. The van der Waals surface area contributed by atoms with Crippen LogP contribution >= 0.6 is 0 Å². The molecule has 6 nitrogen and oxygen atoms in total. The molecule has 0 radical (unpaired) electrons. The fraction of sp³-hybridized carbons (Fsp3) is 0.238. The van der Waals surface area contributed by atoms with Crippen molar-refractivity contribution in [2.75, 3.05) is 20.3 Å². The molecule has 1 N–H and O–H groups in total. The smallest absolute Gasteiger partial charge is 0.244 e. The minimum Gasteiger partial charge on any atom is -0.493 e. The number of benzene rings is 2. The second-order valence-corrected chi connectivity index (χ2v) is 5.93. The zero-order valence-electron chi connectivity index (χ0n) is 15.0. The molecular formula is C21H20N2O4. The number of hydrogen-bond acceptors (Lipinski definition) is 5. The van der Waals surface area contributed by atoms with Gasteiger partial charge in [0.15, 0.2) is 18.1 Å². The van der Waals surface area contributed by atoms with Gasteiger partial charge in [-0.15, -0.1) is 0 Å². The largest absolute Gasteiger partial charge is 0.493 e. The summed E-state index contributed by atoms with van der Waals surface area (Å²) in [7, 11) is 1.53. The molecule has 1 heterocycles. The Bertz CT molecular complexity index is 886.